The first-order valence-corrected chi connectivity index (χ1v) is 37.3. The van der Waals surface area contributed by atoms with Crippen LogP contribution in [-0.4, -0.2) is 37.2 Å². The molecule has 0 aromatic heterocycles. The highest BCUT2D eigenvalue weighted by Gasteiger charge is 2.20. The molecule has 0 aromatic rings. The zero-order chi connectivity index (χ0) is 59.2. The van der Waals surface area contributed by atoms with Gasteiger partial charge >= 0.3 is 17.9 Å². The average Bonchev–Trinajstić information content (AvgIpc) is 3.47. The van der Waals surface area contributed by atoms with E-state index in [4.69, 9.17) is 14.2 Å². The summed E-state index contributed by atoms with van der Waals surface area (Å²) in [4.78, 5) is 38.4. The number of hydrogen-bond donors (Lipinski definition) is 0. The van der Waals surface area contributed by atoms with Gasteiger partial charge in [0.25, 0.3) is 0 Å². The van der Waals surface area contributed by atoms with Gasteiger partial charge in [-0.15, -0.1) is 0 Å². The molecule has 0 bridgehead atoms. The van der Waals surface area contributed by atoms with Crippen molar-refractivity contribution in [3.05, 3.63) is 24.3 Å². The van der Waals surface area contributed by atoms with E-state index in [1.165, 1.54) is 308 Å². The number of carbonyl (C=O) groups excluding carboxylic acids is 3. The Morgan fingerprint density at radius 3 is 0.707 bits per heavy atom. The lowest BCUT2D eigenvalue weighted by Gasteiger charge is -2.18. The number of ether oxygens (including phenoxy) is 3. The van der Waals surface area contributed by atoms with Gasteiger partial charge in [-0.2, -0.15) is 0 Å². The van der Waals surface area contributed by atoms with Gasteiger partial charge in [-0.1, -0.05) is 385 Å². The van der Waals surface area contributed by atoms with E-state index in [-0.39, 0.29) is 31.1 Å². The van der Waals surface area contributed by atoms with Crippen molar-refractivity contribution in [1.29, 1.82) is 0 Å². The second-order valence-corrected chi connectivity index (χ2v) is 25.6. The minimum atomic E-state index is -0.774. The van der Waals surface area contributed by atoms with Crippen LogP contribution in [0.1, 0.15) is 425 Å². The maximum Gasteiger partial charge on any atom is 0.306 e. The fourth-order valence-corrected chi connectivity index (χ4v) is 11.6. The van der Waals surface area contributed by atoms with E-state index in [9.17, 15) is 14.4 Å². The van der Waals surface area contributed by atoms with Gasteiger partial charge in [-0.25, -0.2) is 0 Å². The molecule has 6 heteroatoms. The van der Waals surface area contributed by atoms with Gasteiger partial charge in [0.1, 0.15) is 13.2 Å². The molecule has 484 valence electrons. The molecule has 0 N–H and O–H groups in total. The second-order valence-electron chi connectivity index (χ2n) is 25.6. The normalized spacial score (nSPS) is 12.1. The van der Waals surface area contributed by atoms with Crippen LogP contribution in [0.25, 0.3) is 0 Å². The molecule has 6 nitrogen and oxygen atoms in total. The largest absolute Gasteiger partial charge is 0.462 e. The standard InChI is InChI=1S/C76H144O6/c1-4-7-10-13-16-19-22-25-28-29-30-31-32-33-34-35-36-37-38-39-40-41-42-43-44-45-46-47-49-51-54-57-60-63-66-69-75(78)81-72-73(71-80-74(77)68-65-62-59-56-53-50-27-24-21-18-15-12-9-6-3)82-76(79)70-67-64-61-58-55-52-48-26-23-20-17-14-11-8-5-2/h15,18,24,27,73H,4-14,16-17,19-23,25-26,28-72H2,1-3H3/b18-15-,27-24-. The van der Waals surface area contributed by atoms with Gasteiger partial charge in [0.05, 0.1) is 0 Å². The Hall–Kier alpha value is -2.11. The fourth-order valence-electron chi connectivity index (χ4n) is 11.6. The summed E-state index contributed by atoms with van der Waals surface area (Å²) in [5.41, 5.74) is 0. The highest BCUT2D eigenvalue weighted by Crippen LogP contribution is 2.20. The maximum absolute atomic E-state index is 12.9. The summed E-state index contributed by atoms with van der Waals surface area (Å²) in [7, 11) is 0. The summed E-state index contributed by atoms with van der Waals surface area (Å²) >= 11 is 0. The zero-order valence-electron chi connectivity index (χ0n) is 55.8. The molecular formula is C76H144O6. The van der Waals surface area contributed by atoms with Gasteiger partial charge in [0.15, 0.2) is 6.10 Å². The minimum absolute atomic E-state index is 0.0695. The van der Waals surface area contributed by atoms with E-state index in [1.54, 1.807) is 0 Å². The summed E-state index contributed by atoms with van der Waals surface area (Å²) < 4.78 is 17.0. The van der Waals surface area contributed by atoms with E-state index in [0.717, 1.165) is 77.0 Å². The monoisotopic (exact) mass is 1150 g/mol. The lowest BCUT2D eigenvalue weighted by molar-refractivity contribution is -0.167. The highest BCUT2D eigenvalue weighted by molar-refractivity contribution is 5.71. The Kier molecular flexibility index (Phi) is 69.5. The molecule has 82 heavy (non-hydrogen) atoms. The Morgan fingerprint density at radius 2 is 0.451 bits per heavy atom. The van der Waals surface area contributed by atoms with Gasteiger partial charge in [-0.3, -0.25) is 14.4 Å². The van der Waals surface area contributed by atoms with E-state index < -0.39 is 6.10 Å². The quantitative estimate of drug-likeness (QED) is 0.0261. The number of carbonyl (C=O) groups is 3. The lowest BCUT2D eigenvalue weighted by atomic mass is 10.0. The molecule has 0 rings (SSSR count). The molecule has 0 aliphatic heterocycles. The van der Waals surface area contributed by atoms with Crippen LogP contribution in [0.2, 0.25) is 0 Å². The van der Waals surface area contributed by atoms with Crippen LogP contribution in [0, 0.1) is 0 Å². The number of unbranched alkanes of at least 4 members (excludes halogenated alkanes) is 55. The molecule has 0 heterocycles. The van der Waals surface area contributed by atoms with E-state index in [0.29, 0.717) is 19.3 Å². The Morgan fingerprint density at radius 1 is 0.244 bits per heavy atom. The highest BCUT2D eigenvalue weighted by atomic mass is 16.6. The van der Waals surface area contributed by atoms with Crippen molar-refractivity contribution < 1.29 is 28.6 Å². The molecule has 0 saturated heterocycles. The predicted molar refractivity (Wildman–Crippen MR) is 358 cm³/mol. The second kappa shape index (κ2) is 71.4. The molecule has 0 aliphatic rings. The number of hydrogen-bond acceptors (Lipinski definition) is 6. The molecule has 0 amide bonds. The van der Waals surface area contributed by atoms with Gasteiger partial charge in [-0.05, 0) is 44.9 Å². The molecule has 0 aromatic carbocycles. The van der Waals surface area contributed by atoms with E-state index >= 15 is 0 Å². The number of rotatable bonds is 70. The summed E-state index contributed by atoms with van der Waals surface area (Å²) in [5.74, 6) is -0.853. The summed E-state index contributed by atoms with van der Waals surface area (Å²) in [5, 5.41) is 0. The molecule has 1 unspecified atom stereocenters. The van der Waals surface area contributed by atoms with Crippen LogP contribution >= 0.6 is 0 Å². The van der Waals surface area contributed by atoms with Gasteiger partial charge in [0, 0.05) is 19.3 Å². The van der Waals surface area contributed by atoms with Crippen LogP contribution in [0.3, 0.4) is 0 Å². The van der Waals surface area contributed by atoms with Crippen molar-refractivity contribution in [2.45, 2.75) is 431 Å². The molecular weight excluding hydrogens is 1010 g/mol. The van der Waals surface area contributed by atoms with Crippen LogP contribution in [0.4, 0.5) is 0 Å². The SMILES string of the molecule is CCCC/C=C\C/C=C\CCCCCCCC(=O)OCC(COC(=O)CCCCCCCCCCCCCCCCCCCCCCCCCCCCCCCCCCCCC)OC(=O)CCCCCCCCCCCCCCCCC. The van der Waals surface area contributed by atoms with Crippen molar-refractivity contribution in [1.82, 2.24) is 0 Å². The molecule has 0 radical (unpaired) electrons. The molecule has 0 aliphatic carbocycles. The van der Waals surface area contributed by atoms with E-state index in [1.807, 2.05) is 0 Å². The van der Waals surface area contributed by atoms with Crippen molar-refractivity contribution in [2.24, 2.45) is 0 Å². The van der Waals surface area contributed by atoms with E-state index in [2.05, 4.69) is 45.1 Å². The first-order valence-electron chi connectivity index (χ1n) is 37.3. The third-order valence-corrected chi connectivity index (χ3v) is 17.2. The van der Waals surface area contributed by atoms with Gasteiger partial charge < -0.3 is 14.2 Å². The van der Waals surface area contributed by atoms with Crippen LogP contribution < -0.4 is 0 Å². The molecule has 0 fully saturated rings. The van der Waals surface area contributed by atoms with Crippen molar-refractivity contribution in [3.63, 3.8) is 0 Å². The third kappa shape index (κ3) is 68.7. The van der Waals surface area contributed by atoms with Crippen molar-refractivity contribution in [2.75, 3.05) is 13.2 Å². The average molecular weight is 1150 g/mol. The van der Waals surface area contributed by atoms with Crippen LogP contribution in [-0.2, 0) is 28.6 Å². The summed E-state index contributed by atoms with van der Waals surface area (Å²) in [6, 6.07) is 0. The fraction of sp³-hybridized carbons (Fsp3) is 0.908. The smallest absolute Gasteiger partial charge is 0.306 e. The third-order valence-electron chi connectivity index (χ3n) is 17.2. The van der Waals surface area contributed by atoms with Crippen molar-refractivity contribution >= 4 is 17.9 Å². The molecule has 0 saturated carbocycles. The van der Waals surface area contributed by atoms with Crippen LogP contribution in [0.15, 0.2) is 24.3 Å². The Labute approximate surface area is 513 Å². The Balaban J connectivity index is 4.04. The number of allylic oxidation sites excluding steroid dienone is 4. The Bertz CT molecular complexity index is 1320. The van der Waals surface area contributed by atoms with Crippen molar-refractivity contribution in [3.8, 4) is 0 Å². The molecule has 1 atom stereocenters. The number of esters is 3. The van der Waals surface area contributed by atoms with Crippen LogP contribution in [0.5, 0.6) is 0 Å². The minimum Gasteiger partial charge on any atom is -0.462 e. The topological polar surface area (TPSA) is 78.9 Å². The predicted octanol–water partition coefficient (Wildman–Crippen LogP) is 25.7. The maximum atomic E-state index is 12.9. The first kappa shape index (κ1) is 79.9. The molecule has 0 spiro atoms. The zero-order valence-corrected chi connectivity index (χ0v) is 55.8. The summed E-state index contributed by atoms with van der Waals surface area (Å²) in [6.07, 6.45) is 88.2. The summed E-state index contributed by atoms with van der Waals surface area (Å²) in [6.45, 7) is 6.67. The van der Waals surface area contributed by atoms with Gasteiger partial charge in [0.2, 0.25) is 0 Å². The lowest BCUT2D eigenvalue weighted by Crippen LogP contribution is -2.30. The first-order chi connectivity index (χ1) is 40.5.